The number of rotatable bonds is 7. The molecule has 0 saturated carbocycles. The number of thiophene rings is 1. The summed E-state index contributed by atoms with van der Waals surface area (Å²) in [5.41, 5.74) is 1.26. The standard InChI is InChI=1S/C17H21NO2S/c1-14-10-12-21-16(14)13-18(2)17(19)9-6-11-20-15-7-4-3-5-8-15/h3-5,7-8,10,12H,6,9,11,13H2,1-2H3. The van der Waals surface area contributed by atoms with Crippen molar-refractivity contribution in [1.82, 2.24) is 4.90 Å². The van der Waals surface area contributed by atoms with Crippen LogP contribution >= 0.6 is 11.3 Å². The molecule has 1 aromatic heterocycles. The van der Waals surface area contributed by atoms with E-state index >= 15 is 0 Å². The molecule has 0 saturated heterocycles. The van der Waals surface area contributed by atoms with Crippen LogP contribution in [-0.2, 0) is 11.3 Å². The lowest BCUT2D eigenvalue weighted by Crippen LogP contribution is -2.26. The van der Waals surface area contributed by atoms with Crippen molar-refractivity contribution in [1.29, 1.82) is 0 Å². The van der Waals surface area contributed by atoms with Crippen LogP contribution in [0.5, 0.6) is 5.75 Å². The van der Waals surface area contributed by atoms with E-state index in [0.29, 0.717) is 19.6 Å². The van der Waals surface area contributed by atoms with E-state index in [-0.39, 0.29) is 5.91 Å². The smallest absolute Gasteiger partial charge is 0.222 e. The first kappa shape index (κ1) is 15.6. The molecule has 2 aromatic rings. The van der Waals surface area contributed by atoms with Crippen LogP contribution in [0.15, 0.2) is 41.8 Å². The summed E-state index contributed by atoms with van der Waals surface area (Å²) in [6.07, 6.45) is 1.26. The molecular weight excluding hydrogens is 282 g/mol. The van der Waals surface area contributed by atoms with Crippen LogP contribution in [0.3, 0.4) is 0 Å². The van der Waals surface area contributed by atoms with Gasteiger partial charge < -0.3 is 9.64 Å². The Morgan fingerprint density at radius 2 is 2.00 bits per heavy atom. The number of hydrogen-bond donors (Lipinski definition) is 0. The molecule has 112 valence electrons. The molecule has 0 unspecified atom stereocenters. The quantitative estimate of drug-likeness (QED) is 0.727. The van der Waals surface area contributed by atoms with Crippen LogP contribution < -0.4 is 4.74 Å². The zero-order valence-corrected chi connectivity index (χ0v) is 13.4. The Bertz CT molecular complexity index is 565. The largest absolute Gasteiger partial charge is 0.494 e. The van der Waals surface area contributed by atoms with E-state index in [0.717, 1.165) is 12.2 Å². The van der Waals surface area contributed by atoms with Crippen molar-refractivity contribution in [2.75, 3.05) is 13.7 Å². The van der Waals surface area contributed by atoms with Gasteiger partial charge in [-0.05, 0) is 42.5 Å². The van der Waals surface area contributed by atoms with Crippen LogP contribution in [0.25, 0.3) is 0 Å². The fraction of sp³-hybridized carbons (Fsp3) is 0.353. The van der Waals surface area contributed by atoms with Gasteiger partial charge in [-0.3, -0.25) is 4.79 Å². The van der Waals surface area contributed by atoms with Crippen molar-refractivity contribution in [3.05, 3.63) is 52.2 Å². The summed E-state index contributed by atoms with van der Waals surface area (Å²) in [5.74, 6) is 1.02. The number of carbonyl (C=O) groups excluding carboxylic acids is 1. The van der Waals surface area contributed by atoms with Gasteiger partial charge >= 0.3 is 0 Å². The van der Waals surface area contributed by atoms with Crippen LogP contribution in [0.1, 0.15) is 23.3 Å². The maximum Gasteiger partial charge on any atom is 0.222 e. The van der Waals surface area contributed by atoms with Gasteiger partial charge in [-0.25, -0.2) is 0 Å². The lowest BCUT2D eigenvalue weighted by molar-refractivity contribution is -0.130. The van der Waals surface area contributed by atoms with Gasteiger partial charge in [-0.1, -0.05) is 18.2 Å². The van der Waals surface area contributed by atoms with Gasteiger partial charge in [0, 0.05) is 18.3 Å². The number of carbonyl (C=O) groups is 1. The maximum absolute atomic E-state index is 12.1. The van der Waals surface area contributed by atoms with Gasteiger partial charge in [0.1, 0.15) is 5.75 Å². The Balaban J connectivity index is 1.68. The van der Waals surface area contributed by atoms with Crippen molar-refractivity contribution in [3.8, 4) is 5.75 Å². The third kappa shape index (κ3) is 4.90. The van der Waals surface area contributed by atoms with Gasteiger partial charge in [-0.15, -0.1) is 11.3 Å². The van der Waals surface area contributed by atoms with Gasteiger partial charge in [0.2, 0.25) is 5.91 Å². The molecule has 0 atom stereocenters. The number of hydrogen-bond acceptors (Lipinski definition) is 3. The molecule has 2 rings (SSSR count). The lowest BCUT2D eigenvalue weighted by atomic mass is 10.2. The van der Waals surface area contributed by atoms with Gasteiger partial charge in [0.15, 0.2) is 0 Å². The summed E-state index contributed by atoms with van der Waals surface area (Å²) < 4.78 is 5.59. The molecule has 0 spiro atoms. The van der Waals surface area contributed by atoms with Crippen LogP contribution in [0.2, 0.25) is 0 Å². The molecule has 1 aromatic carbocycles. The molecule has 0 aliphatic rings. The van der Waals surface area contributed by atoms with Crippen molar-refractivity contribution in [2.24, 2.45) is 0 Å². The second-order valence-electron chi connectivity index (χ2n) is 5.04. The minimum atomic E-state index is 0.166. The second-order valence-corrected chi connectivity index (χ2v) is 6.04. The summed E-state index contributed by atoms with van der Waals surface area (Å²) in [6.45, 7) is 3.35. The molecule has 3 nitrogen and oxygen atoms in total. The average Bonchev–Trinajstić information content (AvgIpc) is 2.89. The van der Waals surface area contributed by atoms with E-state index in [9.17, 15) is 4.79 Å². The van der Waals surface area contributed by atoms with Crippen molar-refractivity contribution in [3.63, 3.8) is 0 Å². The molecular formula is C17H21NO2S. The highest BCUT2D eigenvalue weighted by Crippen LogP contribution is 2.17. The fourth-order valence-electron chi connectivity index (χ4n) is 1.99. The summed E-state index contributed by atoms with van der Waals surface area (Å²) >= 11 is 1.70. The molecule has 0 radical (unpaired) electrons. The predicted molar refractivity (Wildman–Crippen MR) is 86.7 cm³/mol. The van der Waals surface area contributed by atoms with E-state index in [1.54, 1.807) is 16.2 Å². The Kier molecular flexibility index (Phi) is 5.81. The van der Waals surface area contributed by atoms with Gasteiger partial charge in [-0.2, -0.15) is 0 Å². The van der Waals surface area contributed by atoms with Gasteiger partial charge in [0.25, 0.3) is 0 Å². The van der Waals surface area contributed by atoms with Crippen LogP contribution in [-0.4, -0.2) is 24.5 Å². The van der Waals surface area contributed by atoms with Crippen molar-refractivity contribution >= 4 is 17.2 Å². The molecule has 0 aliphatic heterocycles. The van der Waals surface area contributed by atoms with E-state index in [2.05, 4.69) is 18.4 Å². The Hall–Kier alpha value is -1.81. The van der Waals surface area contributed by atoms with Crippen LogP contribution in [0.4, 0.5) is 0 Å². The molecule has 0 fully saturated rings. The number of nitrogens with zero attached hydrogens (tertiary/aromatic N) is 1. The average molecular weight is 303 g/mol. The molecule has 0 bridgehead atoms. The predicted octanol–water partition coefficient (Wildman–Crippen LogP) is 3.87. The summed E-state index contributed by atoms with van der Waals surface area (Å²) in [7, 11) is 1.86. The Morgan fingerprint density at radius 3 is 2.67 bits per heavy atom. The first-order chi connectivity index (χ1) is 10.2. The van der Waals surface area contributed by atoms with E-state index in [1.807, 2.05) is 37.4 Å². The highest BCUT2D eigenvalue weighted by molar-refractivity contribution is 7.10. The first-order valence-corrected chi connectivity index (χ1v) is 7.99. The van der Waals surface area contributed by atoms with Crippen molar-refractivity contribution in [2.45, 2.75) is 26.3 Å². The molecule has 0 aliphatic carbocycles. The number of benzene rings is 1. The molecule has 21 heavy (non-hydrogen) atoms. The number of aryl methyl sites for hydroxylation is 1. The fourth-order valence-corrected chi connectivity index (χ4v) is 2.95. The van der Waals surface area contributed by atoms with E-state index < -0.39 is 0 Å². The molecule has 4 heteroatoms. The minimum absolute atomic E-state index is 0.166. The molecule has 1 amide bonds. The van der Waals surface area contributed by atoms with Gasteiger partial charge in [0.05, 0.1) is 13.2 Å². The SMILES string of the molecule is Cc1ccsc1CN(C)C(=O)CCCOc1ccccc1. The number of amides is 1. The second kappa shape index (κ2) is 7.84. The molecule has 1 heterocycles. The Morgan fingerprint density at radius 1 is 1.24 bits per heavy atom. The lowest BCUT2D eigenvalue weighted by Gasteiger charge is -2.17. The zero-order valence-electron chi connectivity index (χ0n) is 12.5. The first-order valence-electron chi connectivity index (χ1n) is 7.11. The van der Waals surface area contributed by atoms with E-state index in [4.69, 9.17) is 4.74 Å². The zero-order chi connectivity index (χ0) is 15.1. The number of para-hydroxylation sites is 1. The van der Waals surface area contributed by atoms with Crippen LogP contribution in [0, 0.1) is 6.92 Å². The van der Waals surface area contributed by atoms with E-state index in [1.165, 1.54) is 10.4 Å². The minimum Gasteiger partial charge on any atom is -0.494 e. The molecule has 0 N–H and O–H groups in total. The third-order valence-electron chi connectivity index (χ3n) is 3.32. The monoisotopic (exact) mass is 303 g/mol. The highest BCUT2D eigenvalue weighted by Gasteiger charge is 2.11. The Labute approximate surface area is 130 Å². The summed E-state index contributed by atoms with van der Waals surface area (Å²) in [5, 5.41) is 2.07. The normalized spacial score (nSPS) is 10.4. The number of ether oxygens (including phenoxy) is 1. The third-order valence-corrected chi connectivity index (χ3v) is 4.33. The van der Waals surface area contributed by atoms with Crippen molar-refractivity contribution < 1.29 is 9.53 Å². The summed E-state index contributed by atoms with van der Waals surface area (Å²) in [6, 6.07) is 11.8. The maximum atomic E-state index is 12.1. The highest BCUT2D eigenvalue weighted by atomic mass is 32.1. The summed E-state index contributed by atoms with van der Waals surface area (Å²) in [4.78, 5) is 15.1. The topological polar surface area (TPSA) is 29.5 Å².